The molecule has 5 nitrogen and oxygen atoms in total. The van der Waals surface area contributed by atoms with Crippen molar-refractivity contribution in [3.8, 4) is 5.75 Å². The maximum atomic E-state index is 12.9. The molecule has 1 atom stereocenters. The quantitative estimate of drug-likeness (QED) is 0.819. The Kier molecular flexibility index (Phi) is 6.29. The van der Waals surface area contributed by atoms with Crippen LogP contribution in [0, 0.1) is 5.82 Å². The van der Waals surface area contributed by atoms with Gasteiger partial charge in [-0.15, -0.1) is 0 Å². The summed E-state index contributed by atoms with van der Waals surface area (Å²) < 4.78 is 12.9. The number of hydrogen-bond donors (Lipinski definition) is 2. The molecule has 0 spiro atoms. The van der Waals surface area contributed by atoms with Gasteiger partial charge in [-0.05, 0) is 43.2 Å². The van der Waals surface area contributed by atoms with Crippen LogP contribution in [0.4, 0.5) is 10.1 Å². The minimum absolute atomic E-state index is 0.00752. The lowest BCUT2D eigenvalue weighted by atomic mass is 10.1. The van der Waals surface area contributed by atoms with Gasteiger partial charge in [-0.3, -0.25) is 9.69 Å². The third kappa shape index (κ3) is 4.98. The zero-order valence-corrected chi connectivity index (χ0v) is 15.6. The van der Waals surface area contributed by atoms with Crippen molar-refractivity contribution >= 4 is 11.6 Å². The van der Waals surface area contributed by atoms with E-state index >= 15 is 0 Å². The van der Waals surface area contributed by atoms with Gasteiger partial charge in [-0.25, -0.2) is 4.39 Å². The van der Waals surface area contributed by atoms with E-state index in [1.165, 1.54) is 12.1 Å². The SMILES string of the molecule is C[C@@H](C(=O)NCCc1ccc(F)cc1)N1CCN(c2ccccc2O)CC1. The summed E-state index contributed by atoms with van der Waals surface area (Å²) in [6.45, 7) is 5.52. The number of para-hydroxylation sites is 2. The Morgan fingerprint density at radius 1 is 1.11 bits per heavy atom. The van der Waals surface area contributed by atoms with Crippen LogP contribution in [-0.2, 0) is 11.2 Å². The molecule has 2 aromatic rings. The minimum atomic E-state index is -0.251. The van der Waals surface area contributed by atoms with Crippen molar-refractivity contribution in [3.05, 3.63) is 59.9 Å². The second-order valence-corrected chi connectivity index (χ2v) is 6.86. The van der Waals surface area contributed by atoms with E-state index in [2.05, 4.69) is 15.1 Å². The summed E-state index contributed by atoms with van der Waals surface area (Å²) in [4.78, 5) is 16.7. The number of carbonyl (C=O) groups excluding carboxylic acids is 1. The van der Waals surface area contributed by atoms with Gasteiger partial charge in [0, 0.05) is 32.7 Å². The molecule has 0 aromatic heterocycles. The zero-order chi connectivity index (χ0) is 19.2. The van der Waals surface area contributed by atoms with Crippen molar-refractivity contribution in [2.45, 2.75) is 19.4 Å². The Hall–Kier alpha value is -2.60. The highest BCUT2D eigenvalue weighted by Crippen LogP contribution is 2.27. The second-order valence-electron chi connectivity index (χ2n) is 6.86. The molecule has 1 fully saturated rings. The fourth-order valence-corrected chi connectivity index (χ4v) is 3.38. The summed E-state index contributed by atoms with van der Waals surface area (Å²) in [5.74, 6) is 0.0463. The number of piperazine rings is 1. The maximum absolute atomic E-state index is 12.9. The van der Waals surface area contributed by atoms with Crippen LogP contribution in [0.1, 0.15) is 12.5 Å². The van der Waals surface area contributed by atoms with Crippen molar-refractivity contribution < 1.29 is 14.3 Å². The normalized spacial score (nSPS) is 16.1. The summed E-state index contributed by atoms with van der Waals surface area (Å²) >= 11 is 0. The number of aromatic hydroxyl groups is 1. The third-order valence-electron chi connectivity index (χ3n) is 5.09. The smallest absolute Gasteiger partial charge is 0.237 e. The predicted octanol–water partition coefficient (Wildman–Crippen LogP) is 2.40. The van der Waals surface area contributed by atoms with Gasteiger partial charge in [-0.1, -0.05) is 24.3 Å². The molecule has 0 bridgehead atoms. The van der Waals surface area contributed by atoms with Crippen LogP contribution in [0.15, 0.2) is 48.5 Å². The van der Waals surface area contributed by atoms with Crippen molar-refractivity contribution in [2.24, 2.45) is 0 Å². The Morgan fingerprint density at radius 2 is 1.78 bits per heavy atom. The van der Waals surface area contributed by atoms with Gasteiger partial charge in [0.1, 0.15) is 11.6 Å². The van der Waals surface area contributed by atoms with Crippen molar-refractivity contribution in [3.63, 3.8) is 0 Å². The Balaban J connectivity index is 1.44. The fourth-order valence-electron chi connectivity index (χ4n) is 3.38. The average Bonchev–Trinajstić information content (AvgIpc) is 2.69. The van der Waals surface area contributed by atoms with Gasteiger partial charge in [0.25, 0.3) is 0 Å². The molecular formula is C21H26FN3O2. The van der Waals surface area contributed by atoms with Gasteiger partial charge in [0.2, 0.25) is 5.91 Å². The number of benzene rings is 2. The van der Waals surface area contributed by atoms with E-state index in [-0.39, 0.29) is 23.5 Å². The maximum Gasteiger partial charge on any atom is 0.237 e. The van der Waals surface area contributed by atoms with Crippen LogP contribution in [0.2, 0.25) is 0 Å². The first-order chi connectivity index (χ1) is 13.0. The highest BCUT2D eigenvalue weighted by Gasteiger charge is 2.26. The standard InChI is InChI=1S/C21H26FN3O2/c1-16(21(27)23-11-10-17-6-8-18(22)9-7-17)24-12-14-25(15-13-24)19-4-2-3-5-20(19)26/h2-9,16,26H,10-15H2,1H3,(H,23,27)/t16-/m0/s1. The molecule has 0 unspecified atom stereocenters. The lowest BCUT2D eigenvalue weighted by molar-refractivity contribution is -0.125. The number of halogens is 1. The molecular weight excluding hydrogens is 345 g/mol. The molecule has 1 amide bonds. The molecule has 2 N–H and O–H groups in total. The second kappa shape index (κ2) is 8.86. The van der Waals surface area contributed by atoms with Crippen molar-refractivity contribution in [1.29, 1.82) is 0 Å². The van der Waals surface area contributed by atoms with Gasteiger partial charge in [0.15, 0.2) is 0 Å². The highest BCUT2D eigenvalue weighted by molar-refractivity contribution is 5.81. The molecule has 0 radical (unpaired) electrons. The topological polar surface area (TPSA) is 55.8 Å². The first-order valence-corrected chi connectivity index (χ1v) is 9.34. The molecule has 6 heteroatoms. The third-order valence-corrected chi connectivity index (χ3v) is 5.09. The van der Waals surface area contributed by atoms with E-state index in [0.717, 1.165) is 37.4 Å². The minimum Gasteiger partial charge on any atom is -0.506 e. The summed E-state index contributed by atoms with van der Waals surface area (Å²) in [6.07, 6.45) is 0.680. The van der Waals surface area contributed by atoms with E-state index in [1.807, 2.05) is 25.1 Å². The van der Waals surface area contributed by atoms with Crippen LogP contribution >= 0.6 is 0 Å². The number of nitrogens with one attached hydrogen (secondary N) is 1. The molecule has 1 saturated heterocycles. The molecule has 27 heavy (non-hydrogen) atoms. The van der Waals surface area contributed by atoms with Crippen LogP contribution in [0.3, 0.4) is 0 Å². The van der Waals surface area contributed by atoms with Crippen LogP contribution in [0.5, 0.6) is 5.75 Å². The van der Waals surface area contributed by atoms with Gasteiger partial charge >= 0.3 is 0 Å². The number of nitrogens with zero attached hydrogens (tertiary/aromatic N) is 2. The monoisotopic (exact) mass is 371 g/mol. The number of hydrogen-bond acceptors (Lipinski definition) is 4. The number of phenolic OH excluding ortho intramolecular Hbond substituents is 1. The first-order valence-electron chi connectivity index (χ1n) is 9.34. The van der Waals surface area contributed by atoms with Gasteiger partial charge in [0.05, 0.1) is 11.7 Å². The molecule has 2 aromatic carbocycles. The van der Waals surface area contributed by atoms with Crippen LogP contribution in [0.25, 0.3) is 0 Å². The molecule has 3 rings (SSSR count). The molecule has 1 aliphatic rings. The van der Waals surface area contributed by atoms with E-state index in [0.29, 0.717) is 13.0 Å². The number of rotatable bonds is 6. The summed E-state index contributed by atoms with van der Waals surface area (Å²) in [5.41, 5.74) is 1.84. The summed E-state index contributed by atoms with van der Waals surface area (Å²) in [6, 6.07) is 13.5. The van der Waals surface area contributed by atoms with Crippen molar-refractivity contribution in [1.82, 2.24) is 10.2 Å². The van der Waals surface area contributed by atoms with Crippen LogP contribution < -0.4 is 10.2 Å². The summed E-state index contributed by atoms with van der Waals surface area (Å²) in [7, 11) is 0. The summed E-state index contributed by atoms with van der Waals surface area (Å²) in [5, 5.41) is 13.0. The van der Waals surface area contributed by atoms with E-state index in [1.54, 1.807) is 18.2 Å². The Morgan fingerprint density at radius 3 is 2.44 bits per heavy atom. The van der Waals surface area contributed by atoms with Gasteiger partial charge in [-0.2, -0.15) is 0 Å². The molecule has 0 aliphatic carbocycles. The largest absolute Gasteiger partial charge is 0.506 e. The van der Waals surface area contributed by atoms with Gasteiger partial charge < -0.3 is 15.3 Å². The molecule has 144 valence electrons. The first kappa shape index (κ1) is 19.2. The zero-order valence-electron chi connectivity index (χ0n) is 15.6. The Bertz CT molecular complexity index is 758. The predicted molar refractivity (Wildman–Crippen MR) is 104 cm³/mol. The Labute approximate surface area is 159 Å². The average molecular weight is 371 g/mol. The number of phenols is 1. The van der Waals surface area contributed by atoms with E-state index < -0.39 is 0 Å². The number of amides is 1. The van der Waals surface area contributed by atoms with Crippen LogP contribution in [-0.4, -0.2) is 54.7 Å². The van der Waals surface area contributed by atoms with E-state index in [4.69, 9.17) is 0 Å². The lowest BCUT2D eigenvalue weighted by Crippen LogP contribution is -2.54. The van der Waals surface area contributed by atoms with E-state index in [9.17, 15) is 14.3 Å². The number of carbonyl (C=O) groups is 1. The molecule has 1 aliphatic heterocycles. The molecule has 0 saturated carbocycles. The molecule has 1 heterocycles. The number of anilines is 1. The van der Waals surface area contributed by atoms with Crippen molar-refractivity contribution in [2.75, 3.05) is 37.6 Å². The highest BCUT2D eigenvalue weighted by atomic mass is 19.1. The fraction of sp³-hybridized carbons (Fsp3) is 0.381. The lowest BCUT2D eigenvalue weighted by Gasteiger charge is -2.38.